The average molecular weight is 474 g/mol. The van der Waals surface area contributed by atoms with E-state index in [0.29, 0.717) is 35.2 Å². The van der Waals surface area contributed by atoms with Crippen molar-refractivity contribution in [3.63, 3.8) is 0 Å². The average Bonchev–Trinajstić information content (AvgIpc) is 3.48. The maximum absolute atomic E-state index is 13.3. The normalized spacial score (nSPS) is 14.9. The molecule has 6 nitrogen and oxygen atoms in total. The van der Waals surface area contributed by atoms with E-state index in [2.05, 4.69) is 10.1 Å². The molecule has 6 rings (SSSR count). The van der Waals surface area contributed by atoms with Crippen LogP contribution in [0.1, 0.15) is 34.1 Å². The first-order chi connectivity index (χ1) is 16.2. The summed E-state index contributed by atoms with van der Waals surface area (Å²) in [6.07, 6.45) is 5.16. The van der Waals surface area contributed by atoms with Gasteiger partial charge in [-0.1, -0.05) is 41.9 Å². The molecule has 1 fully saturated rings. The molecule has 164 valence electrons. The molecule has 1 amide bonds. The first-order valence-electron chi connectivity index (χ1n) is 10.9. The van der Waals surface area contributed by atoms with Gasteiger partial charge in [-0.25, -0.2) is 14.5 Å². The maximum atomic E-state index is 13.3. The van der Waals surface area contributed by atoms with Crippen LogP contribution in [0.4, 0.5) is 0 Å². The number of hydrogen-bond acceptors (Lipinski definition) is 5. The predicted octanol–water partition coefficient (Wildman–Crippen LogP) is 5.68. The number of piperidine rings is 1. The molecular weight excluding hydrogens is 454 g/mol. The Kier molecular flexibility index (Phi) is 5.08. The van der Waals surface area contributed by atoms with Crippen molar-refractivity contribution in [2.75, 3.05) is 13.1 Å². The van der Waals surface area contributed by atoms with Crippen LogP contribution in [0.2, 0.25) is 5.02 Å². The van der Waals surface area contributed by atoms with Crippen molar-refractivity contribution in [1.82, 2.24) is 24.5 Å². The van der Waals surface area contributed by atoms with E-state index < -0.39 is 0 Å². The number of carbonyl (C=O) groups excluding carboxylic acids is 1. The molecule has 0 N–H and O–H groups in total. The molecule has 1 aliphatic rings. The van der Waals surface area contributed by atoms with E-state index >= 15 is 0 Å². The summed E-state index contributed by atoms with van der Waals surface area (Å²) in [5.74, 6) is 0.342. The van der Waals surface area contributed by atoms with E-state index in [1.54, 1.807) is 28.2 Å². The van der Waals surface area contributed by atoms with Crippen LogP contribution in [0.15, 0.2) is 67.0 Å². The van der Waals surface area contributed by atoms with Crippen LogP contribution in [0.5, 0.6) is 0 Å². The van der Waals surface area contributed by atoms with Crippen molar-refractivity contribution >= 4 is 44.7 Å². The Morgan fingerprint density at radius 3 is 2.70 bits per heavy atom. The monoisotopic (exact) mass is 473 g/mol. The largest absolute Gasteiger partial charge is 0.338 e. The Bertz CT molecular complexity index is 1470. The number of nitrogens with zero attached hydrogens (tertiary/aromatic N) is 5. The minimum absolute atomic E-state index is 0.0164. The third kappa shape index (κ3) is 3.67. The number of hydrogen-bond donors (Lipinski definition) is 0. The van der Waals surface area contributed by atoms with E-state index in [4.69, 9.17) is 16.6 Å². The lowest BCUT2D eigenvalue weighted by atomic mass is 9.97. The van der Waals surface area contributed by atoms with Gasteiger partial charge in [0.1, 0.15) is 5.56 Å². The first kappa shape index (κ1) is 20.3. The number of fused-ring (bicyclic) bond motifs is 2. The minimum atomic E-state index is -0.0164. The number of likely N-dealkylation sites (tertiary alicyclic amines) is 1. The van der Waals surface area contributed by atoms with Crippen LogP contribution in [0.3, 0.4) is 0 Å². The molecule has 4 heterocycles. The number of rotatable bonds is 3. The van der Waals surface area contributed by atoms with E-state index in [0.717, 1.165) is 39.3 Å². The second-order valence-corrected chi connectivity index (χ2v) is 9.72. The van der Waals surface area contributed by atoms with Gasteiger partial charge < -0.3 is 4.90 Å². The molecule has 0 aliphatic carbocycles. The van der Waals surface area contributed by atoms with Gasteiger partial charge in [0.05, 0.1) is 27.1 Å². The predicted molar refractivity (Wildman–Crippen MR) is 131 cm³/mol. The van der Waals surface area contributed by atoms with Crippen LogP contribution >= 0.6 is 22.9 Å². The number of benzene rings is 2. The Hall–Kier alpha value is -3.29. The third-order valence-electron chi connectivity index (χ3n) is 6.20. The molecular formula is C25H20ClN5OS. The highest BCUT2D eigenvalue weighted by Gasteiger charge is 2.28. The van der Waals surface area contributed by atoms with Crippen molar-refractivity contribution in [2.45, 2.75) is 18.8 Å². The highest BCUT2D eigenvalue weighted by Crippen LogP contribution is 2.35. The molecule has 33 heavy (non-hydrogen) atoms. The molecule has 2 aromatic carbocycles. The summed E-state index contributed by atoms with van der Waals surface area (Å²) in [6, 6.07) is 17.8. The second-order valence-electron chi connectivity index (χ2n) is 8.22. The van der Waals surface area contributed by atoms with Crippen molar-refractivity contribution in [1.29, 1.82) is 0 Å². The van der Waals surface area contributed by atoms with Crippen LogP contribution in [-0.4, -0.2) is 43.5 Å². The lowest BCUT2D eigenvalue weighted by Crippen LogP contribution is -2.37. The van der Waals surface area contributed by atoms with E-state index in [9.17, 15) is 4.79 Å². The van der Waals surface area contributed by atoms with E-state index in [1.807, 2.05) is 59.5 Å². The number of aromatic nitrogens is 4. The van der Waals surface area contributed by atoms with Gasteiger partial charge in [-0.15, -0.1) is 11.3 Å². The van der Waals surface area contributed by atoms with Crippen molar-refractivity contribution in [2.24, 2.45) is 0 Å². The fourth-order valence-electron chi connectivity index (χ4n) is 4.46. The van der Waals surface area contributed by atoms with Gasteiger partial charge in [-0.3, -0.25) is 4.79 Å². The summed E-state index contributed by atoms with van der Waals surface area (Å²) >= 11 is 7.84. The zero-order valence-electron chi connectivity index (χ0n) is 17.7. The Balaban J connectivity index is 1.22. The fourth-order valence-corrected chi connectivity index (χ4v) is 5.75. The van der Waals surface area contributed by atoms with Gasteiger partial charge in [0.2, 0.25) is 0 Å². The molecule has 0 bridgehead atoms. The van der Waals surface area contributed by atoms with Crippen LogP contribution in [0.25, 0.3) is 27.1 Å². The van der Waals surface area contributed by atoms with Crippen molar-refractivity contribution in [3.05, 3.63) is 82.6 Å². The topological polar surface area (TPSA) is 63.4 Å². The molecule has 8 heteroatoms. The number of thiazole rings is 1. The lowest BCUT2D eigenvalue weighted by Gasteiger charge is -2.30. The van der Waals surface area contributed by atoms with Crippen molar-refractivity contribution in [3.8, 4) is 11.3 Å². The lowest BCUT2D eigenvalue weighted by molar-refractivity contribution is 0.0714. The molecule has 0 radical (unpaired) electrons. The first-order valence-corrected chi connectivity index (χ1v) is 12.1. The van der Waals surface area contributed by atoms with Crippen molar-refractivity contribution < 1.29 is 4.79 Å². The zero-order valence-corrected chi connectivity index (χ0v) is 19.3. The number of carbonyl (C=O) groups is 1. The Morgan fingerprint density at radius 1 is 1.06 bits per heavy atom. The summed E-state index contributed by atoms with van der Waals surface area (Å²) < 4.78 is 2.90. The van der Waals surface area contributed by atoms with Gasteiger partial charge in [0.15, 0.2) is 5.65 Å². The summed E-state index contributed by atoms with van der Waals surface area (Å²) in [7, 11) is 0. The van der Waals surface area contributed by atoms with Gasteiger partial charge in [0, 0.05) is 35.8 Å². The minimum Gasteiger partial charge on any atom is -0.338 e. The van der Waals surface area contributed by atoms with E-state index in [-0.39, 0.29) is 5.91 Å². The summed E-state index contributed by atoms with van der Waals surface area (Å²) in [4.78, 5) is 24.5. The zero-order chi connectivity index (χ0) is 22.4. The number of halogens is 1. The quantitative estimate of drug-likeness (QED) is 0.338. The molecule has 1 aliphatic heterocycles. The Morgan fingerprint density at radius 2 is 1.88 bits per heavy atom. The standard InChI is InChI=1S/C25H20ClN5OS/c26-18-6-7-22-20(14-18)29-24(33-22)17-9-12-30(13-10-17)25(32)19-15-28-31-21(8-11-27-23(19)31)16-4-2-1-3-5-16/h1-8,11,14-15,17H,9-10,12-13H2. The summed E-state index contributed by atoms with van der Waals surface area (Å²) in [5.41, 5.74) is 4.03. The van der Waals surface area contributed by atoms with Crippen LogP contribution in [0, 0.1) is 0 Å². The Labute approximate surface area is 199 Å². The highest BCUT2D eigenvalue weighted by atomic mass is 35.5. The fraction of sp³-hybridized carbons (Fsp3) is 0.200. The number of amides is 1. The molecule has 0 saturated carbocycles. The van der Waals surface area contributed by atoms with Gasteiger partial charge >= 0.3 is 0 Å². The van der Waals surface area contributed by atoms with Crippen LogP contribution < -0.4 is 0 Å². The molecule has 1 saturated heterocycles. The molecule has 5 aromatic rings. The third-order valence-corrected chi connectivity index (χ3v) is 7.63. The molecule has 0 atom stereocenters. The van der Waals surface area contributed by atoms with E-state index in [1.165, 1.54) is 0 Å². The SMILES string of the molecule is O=C(c1cnn2c(-c3ccccc3)ccnc12)N1CCC(c2nc3cc(Cl)ccc3s2)CC1. The maximum Gasteiger partial charge on any atom is 0.259 e. The summed E-state index contributed by atoms with van der Waals surface area (Å²) in [5, 5.41) is 6.33. The summed E-state index contributed by atoms with van der Waals surface area (Å²) in [6.45, 7) is 1.38. The second kappa shape index (κ2) is 8.24. The molecule has 0 unspecified atom stereocenters. The highest BCUT2D eigenvalue weighted by molar-refractivity contribution is 7.18. The van der Waals surface area contributed by atoms with Crippen LogP contribution in [-0.2, 0) is 0 Å². The molecule has 3 aromatic heterocycles. The van der Waals surface area contributed by atoms with Gasteiger partial charge in [-0.2, -0.15) is 5.10 Å². The smallest absolute Gasteiger partial charge is 0.259 e. The van der Waals surface area contributed by atoms with Gasteiger partial charge in [-0.05, 0) is 37.1 Å². The molecule has 0 spiro atoms. The van der Waals surface area contributed by atoms with Gasteiger partial charge in [0.25, 0.3) is 5.91 Å².